The molecule has 4 N–H and O–H groups in total. The number of aromatic amines is 1. The van der Waals surface area contributed by atoms with E-state index >= 15 is 0 Å². The molecule has 3 aromatic rings. The van der Waals surface area contributed by atoms with Crippen LogP contribution in [0.5, 0.6) is 0 Å². The average molecular weight is 334 g/mol. The third-order valence-corrected chi connectivity index (χ3v) is 4.97. The van der Waals surface area contributed by atoms with Crippen molar-refractivity contribution in [1.29, 1.82) is 0 Å². The lowest BCUT2D eigenvalue weighted by Crippen LogP contribution is -2.28. The number of rotatable bonds is 4. The van der Waals surface area contributed by atoms with Crippen molar-refractivity contribution in [3.05, 3.63) is 48.5 Å². The van der Waals surface area contributed by atoms with Gasteiger partial charge in [-0.05, 0) is 43.0 Å². The van der Waals surface area contributed by atoms with E-state index in [4.69, 9.17) is 5.73 Å². The Balaban J connectivity index is 1.50. The van der Waals surface area contributed by atoms with Crippen LogP contribution in [0.4, 0.5) is 5.69 Å². The lowest BCUT2D eigenvalue weighted by Gasteiger charge is -2.15. The van der Waals surface area contributed by atoms with E-state index in [2.05, 4.69) is 15.3 Å². The number of hydrogen-bond acceptors (Lipinski definition) is 3. The summed E-state index contributed by atoms with van der Waals surface area (Å²) in [6.45, 7) is 0. The number of hydrogen-bond donors (Lipinski definition) is 3. The minimum Gasteiger partial charge on any atom is -0.338 e. The van der Waals surface area contributed by atoms with E-state index in [0.717, 1.165) is 47.4 Å². The van der Waals surface area contributed by atoms with E-state index in [-0.39, 0.29) is 11.9 Å². The maximum Gasteiger partial charge on any atom is 0.224 e. The SMILES string of the molecule is N[C@@H]1CCC[C@H]1CC(=O)Nc1cccc(-c2nc3ccccc3[nH]2)c1. The molecule has 5 heteroatoms. The summed E-state index contributed by atoms with van der Waals surface area (Å²) < 4.78 is 0. The van der Waals surface area contributed by atoms with Crippen LogP contribution in [-0.2, 0) is 4.79 Å². The van der Waals surface area contributed by atoms with E-state index < -0.39 is 0 Å². The number of amides is 1. The first-order valence-corrected chi connectivity index (χ1v) is 8.80. The lowest BCUT2D eigenvalue weighted by atomic mass is 10.00. The van der Waals surface area contributed by atoms with E-state index in [1.54, 1.807) is 0 Å². The number of carbonyl (C=O) groups is 1. The third kappa shape index (κ3) is 3.42. The molecule has 5 nitrogen and oxygen atoms in total. The number of nitrogens with two attached hydrogens (primary N) is 1. The Morgan fingerprint density at radius 1 is 1.20 bits per heavy atom. The van der Waals surface area contributed by atoms with E-state index in [1.165, 1.54) is 0 Å². The van der Waals surface area contributed by atoms with Crippen molar-refractivity contribution in [3.63, 3.8) is 0 Å². The summed E-state index contributed by atoms with van der Waals surface area (Å²) in [6, 6.07) is 15.9. The molecule has 0 bridgehead atoms. The first kappa shape index (κ1) is 15.8. The third-order valence-electron chi connectivity index (χ3n) is 4.97. The molecule has 4 rings (SSSR count). The Morgan fingerprint density at radius 2 is 2.08 bits per heavy atom. The van der Waals surface area contributed by atoms with Crippen molar-refractivity contribution in [2.45, 2.75) is 31.7 Å². The van der Waals surface area contributed by atoms with Crippen LogP contribution in [0.2, 0.25) is 0 Å². The fraction of sp³-hybridized carbons (Fsp3) is 0.300. The number of imidazole rings is 1. The van der Waals surface area contributed by atoms with Crippen LogP contribution in [0.25, 0.3) is 22.4 Å². The second-order valence-corrected chi connectivity index (χ2v) is 6.79. The number of H-pyrrole nitrogens is 1. The molecular weight excluding hydrogens is 312 g/mol. The molecule has 1 aliphatic rings. The molecule has 0 aliphatic heterocycles. The molecule has 1 heterocycles. The highest BCUT2D eigenvalue weighted by Gasteiger charge is 2.26. The van der Waals surface area contributed by atoms with Crippen LogP contribution in [0.3, 0.4) is 0 Å². The predicted molar refractivity (Wildman–Crippen MR) is 100 cm³/mol. The molecule has 1 fully saturated rings. The summed E-state index contributed by atoms with van der Waals surface area (Å²) in [4.78, 5) is 20.2. The van der Waals surface area contributed by atoms with Crippen LogP contribution in [0.15, 0.2) is 48.5 Å². The molecule has 1 aliphatic carbocycles. The number of fused-ring (bicyclic) bond motifs is 1. The largest absolute Gasteiger partial charge is 0.338 e. The average Bonchev–Trinajstić information content (AvgIpc) is 3.21. The molecular formula is C20H22N4O. The maximum atomic E-state index is 12.3. The molecule has 0 spiro atoms. The first-order valence-electron chi connectivity index (χ1n) is 8.80. The highest BCUT2D eigenvalue weighted by Crippen LogP contribution is 2.28. The van der Waals surface area contributed by atoms with Gasteiger partial charge in [-0.3, -0.25) is 4.79 Å². The Bertz CT molecular complexity index is 868. The van der Waals surface area contributed by atoms with Crippen molar-refractivity contribution in [1.82, 2.24) is 9.97 Å². The van der Waals surface area contributed by atoms with Crippen LogP contribution in [0.1, 0.15) is 25.7 Å². The summed E-state index contributed by atoms with van der Waals surface area (Å²) >= 11 is 0. The highest BCUT2D eigenvalue weighted by atomic mass is 16.1. The highest BCUT2D eigenvalue weighted by molar-refractivity contribution is 5.91. The minimum atomic E-state index is 0.0316. The second-order valence-electron chi connectivity index (χ2n) is 6.79. The number of anilines is 1. The van der Waals surface area contributed by atoms with Gasteiger partial charge in [0, 0.05) is 23.7 Å². The summed E-state index contributed by atoms with van der Waals surface area (Å²) in [5.41, 5.74) is 9.74. The van der Waals surface area contributed by atoms with Gasteiger partial charge >= 0.3 is 0 Å². The Kier molecular flexibility index (Phi) is 4.24. The number of nitrogens with one attached hydrogen (secondary N) is 2. The van der Waals surface area contributed by atoms with Crippen LogP contribution >= 0.6 is 0 Å². The van der Waals surface area contributed by atoms with Crippen molar-refractivity contribution >= 4 is 22.6 Å². The summed E-state index contributed by atoms with van der Waals surface area (Å²) in [6.07, 6.45) is 3.70. The van der Waals surface area contributed by atoms with Crippen LogP contribution < -0.4 is 11.1 Å². The molecule has 2 aromatic carbocycles. The van der Waals surface area contributed by atoms with E-state index in [0.29, 0.717) is 12.3 Å². The maximum absolute atomic E-state index is 12.3. The number of aromatic nitrogens is 2. The summed E-state index contributed by atoms with van der Waals surface area (Å²) in [5, 5.41) is 3.00. The van der Waals surface area contributed by atoms with Gasteiger partial charge in [0.2, 0.25) is 5.91 Å². The number of para-hydroxylation sites is 2. The van der Waals surface area contributed by atoms with Crippen molar-refractivity contribution < 1.29 is 4.79 Å². The summed E-state index contributed by atoms with van der Waals surface area (Å²) in [5.74, 6) is 1.14. The number of benzene rings is 2. The zero-order valence-corrected chi connectivity index (χ0v) is 14.0. The first-order chi connectivity index (χ1) is 12.2. The molecule has 128 valence electrons. The molecule has 2 atom stereocenters. The number of nitrogens with zero attached hydrogens (tertiary/aromatic N) is 1. The fourth-order valence-corrected chi connectivity index (χ4v) is 3.60. The molecule has 0 saturated heterocycles. The summed E-state index contributed by atoms with van der Waals surface area (Å²) in [7, 11) is 0. The quantitative estimate of drug-likeness (QED) is 0.680. The predicted octanol–water partition coefficient (Wildman–Crippen LogP) is 3.69. The fourth-order valence-electron chi connectivity index (χ4n) is 3.60. The molecule has 1 amide bonds. The van der Waals surface area contributed by atoms with Crippen molar-refractivity contribution in [2.75, 3.05) is 5.32 Å². The normalized spacial score (nSPS) is 20.0. The van der Waals surface area contributed by atoms with Gasteiger partial charge in [-0.25, -0.2) is 4.98 Å². The number of carbonyl (C=O) groups excluding carboxylic acids is 1. The van der Waals surface area contributed by atoms with Crippen molar-refractivity contribution in [3.8, 4) is 11.4 Å². The zero-order chi connectivity index (χ0) is 17.2. The molecule has 25 heavy (non-hydrogen) atoms. The lowest BCUT2D eigenvalue weighted by molar-refractivity contribution is -0.117. The minimum absolute atomic E-state index is 0.0316. The Hall–Kier alpha value is -2.66. The zero-order valence-electron chi connectivity index (χ0n) is 14.0. The second kappa shape index (κ2) is 6.69. The van der Waals surface area contributed by atoms with E-state index in [1.807, 2.05) is 48.5 Å². The van der Waals surface area contributed by atoms with Gasteiger partial charge in [0.1, 0.15) is 5.82 Å². The van der Waals surface area contributed by atoms with Gasteiger partial charge in [-0.15, -0.1) is 0 Å². The molecule has 0 radical (unpaired) electrons. The van der Waals surface area contributed by atoms with Gasteiger partial charge in [0.15, 0.2) is 0 Å². The molecule has 1 saturated carbocycles. The van der Waals surface area contributed by atoms with Gasteiger partial charge in [0.25, 0.3) is 0 Å². The van der Waals surface area contributed by atoms with Crippen LogP contribution in [0, 0.1) is 5.92 Å². The van der Waals surface area contributed by atoms with Crippen LogP contribution in [-0.4, -0.2) is 21.9 Å². The molecule has 0 unspecified atom stereocenters. The smallest absolute Gasteiger partial charge is 0.224 e. The standard InChI is InChI=1S/C20H22N4O/c21-16-8-4-5-13(16)12-19(25)22-15-7-3-6-14(11-15)20-23-17-9-1-2-10-18(17)24-20/h1-3,6-7,9-11,13,16H,4-5,8,12,21H2,(H,22,25)(H,23,24)/t13-,16+/m0/s1. The topological polar surface area (TPSA) is 83.8 Å². The monoisotopic (exact) mass is 334 g/mol. The van der Waals surface area contributed by atoms with Gasteiger partial charge in [-0.2, -0.15) is 0 Å². The van der Waals surface area contributed by atoms with Gasteiger partial charge in [-0.1, -0.05) is 30.7 Å². The van der Waals surface area contributed by atoms with Gasteiger partial charge in [0.05, 0.1) is 11.0 Å². The van der Waals surface area contributed by atoms with Crippen molar-refractivity contribution in [2.24, 2.45) is 11.7 Å². The Labute approximate surface area is 146 Å². The Morgan fingerprint density at radius 3 is 2.88 bits per heavy atom. The van der Waals surface area contributed by atoms with E-state index in [9.17, 15) is 4.79 Å². The molecule has 1 aromatic heterocycles. The van der Waals surface area contributed by atoms with Gasteiger partial charge < -0.3 is 16.0 Å².